The molecule has 3 aliphatic rings. The van der Waals surface area contributed by atoms with Crippen molar-refractivity contribution in [2.45, 2.75) is 218 Å². The number of nitrogens with zero attached hydrogens (tertiary/aromatic N) is 2. The van der Waals surface area contributed by atoms with Gasteiger partial charge in [0, 0.05) is 44.2 Å². The number of rotatable bonds is 39. The molecule has 2 amide bonds. The van der Waals surface area contributed by atoms with Crippen LogP contribution < -0.4 is 14.8 Å². The van der Waals surface area contributed by atoms with E-state index in [-0.39, 0.29) is 63.0 Å². The zero-order valence-corrected chi connectivity index (χ0v) is 46.4. The third-order valence-corrected chi connectivity index (χ3v) is 15.6. The molecule has 0 radical (unpaired) electrons. The van der Waals surface area contributed by atoms with Crippen molar-refractivity contribution >= 4 is 17.9 Å². The number of carbonyl (C=O) groups is 2. The fourth-order valence-electron chi connectivity index (χ4n) is 11.7. The molecule has 6 unspecified atom stereocenters. The molecule has 1 saturated carbocycles. The first-order valence-electron chi connectivity index (χ1n) is 29.6. The van der Waals surface area contributed by atoms with E-state index in [1.165, 1.54) is 95.6 Å². The number of benzene rings is 2. The number of oxime groups is 1. The van der Waals surface area contributed by atoms with Crippen molar-refractivity contribution < 1.29 is 48.0 Å². The molecular formula is C62H96FN3O9. The monoisotopic (exact) mass is 1050 g/mol. The lowest BCUT2D eigenvalue weighted by molar-refractivity contribution is -0.256. The van der Waals surface area contributed by atoms with Crippen LogP contribution in [-0.4, -0.2) is 84.4 Å². The van der Waals surface area contributed by atoms with Crippen LogP contribution in [0.3, 0.4) is 0 Å². The molecule has 12 nitrogen and oxygen atoms in total. The number of unbranched alkanes of at least 4 members (excludes halogenated alkanes) is 20. The van der Waals surface area contributed by atoms with Gasteiger partial charge in [0.2, 0.25) is 5.79 Å². The van der Waals surface area contributed by atoms with Crippen LogP contribution in [-0.2, 0) is 20.9 Å². The largest absolute Gasteiger partial charge is 0.459 e. The van der Waals surface area contributed by atoms with Gasteiger partial charge in [-0.1, -0.05) is 172 Å². The number of hydrogen-bond acceptors (Lipinski definition) is 10. The lowest BCUT2D eigenvalue weighted by Crippen LogP contribution is -2.70. The summed E-state index contributed by atoms with van der Waals surface area (Å²) in [5, 5.41) is 27.8. The van der Waals surface area contributed by atoms with Gasteiger partial charge in [0.1, 0.15) is 30.0 Å². The molecule has 2 aromatic carbocycles. The summed E-state index contributed by atoms with van der Waals surface area (Å²) < 4.78 is 41.3. The molecular weight excluding hydrogens is 950 g/mol. The fourth-order valence-corrected chi connectivity index (χ4v) is 11.7. The summed E-state index contributed by atoms with van der Waals surface area (Å²) in [5.74, 6) is -1.89. The number of ether oxygens (including phenoxy) is 4. The van der Waals surface area contributed by atoms with Crippen molar-refractivity contribution in [2.75, 3.05) is 39.6 Å². The van der Waals surface area contributed by atoms with E-state index < -0.39 is 29.9 Å². The zero-order chi connectivity index (χ0) is 53.5. The molecule has 0 saturated heterocycles. The summed E-state index contributed by atoms with van der Waals surface area (Å²) in [6, 6.07) is 10.8. The number of carbonyl (C=O) groups excluding carboxylic acids is 2. The van der Waals surface area contributed by atoms with Crippen molar-refractivity contribution in [3.8, 4) is 11.5 Å². The number of nitrogens with one attached hydrogen (secondary N) is 1. The molecule has 0 bridgehead atoms. The average Bonchev–Trinajstić information content (AvgIpc) is 3.45. The Kier molecular flexibility index (Phi) is 28.7. The highest BCUT2D eigenvalue weighted by Gasteiger charge is 2.65. The minimum atomic E-state index is -1.53. The van der Waals surface area contributed by atoms with E-state index in [2.05, 4.69) is 31.8 Å². The van der Waals surface area contributed by atoms with Crippen LogP contribution in [0, 0.1) is 23.6 Å². The number of halogens is 1. The number of amides is 2. The van der Waals surface area contributed by atoms with Gasteiger partial charge in [0.25, 0.3) is 0 Å². The number of aliphatic hydroxyl groups is 2. The predicted molar refractivity (Wildman–Crippen MR) is 298 cm³/mol. The zero-order valence-electron chi connectivity index (χ0n) is 46.4. The number of fused-ring (bicyclic) bond motifs is 2. The molecule has 3 N–H and O–H groups in total. The summed E-state index contributed by atoms with van der Waals surface area (Å²) in [6.07, 6.45) is 31.0. The minimum Gasteiger partial charge on any atom is -0.459 e. The van der Waals surface area contributed by atoms with Gasteiger partial charge in [-0.3, -0.25) is 4.90 Å². The SMILES string of the molecule is C=CCOC12Oc3ccc(OC(=O)NCCCCCCCCCCCC)cc3C3C(CCCCO)C(CCCCO)C=C(C(=NOCC)CC1N(Cc1ccc(F)cc1)C(=O)OCCCCCCCCCCCC)C32. The molecule has 75 heavy (non-hydrogen) atoms. The predicted octanol–water partition coefficient (Wildman–Crippen LogP) is 15.0. The van der Waals surface area contributed by atoms with Crippen LogP contribution in [0.15, 0.2) is 71.9 Å². The van der Waals surface area contributed by atoms with Gasteiger partial charge in [-0.25, -0.2) is 14.0 Å². The second kappa shape index (κ2) is 35.1. The second-order valence-electron chi connectivity index (χ2n) is 21.2. The Labute approximate surface area is 450 Å². The van der Waals surface area contributed by atoms with Crippen LogP contribution in [0.25, 0.3) is 0 Å². The summed E-state index contributed by atoms with van der Waals surface area (Å²) >= 11 is 0. The first kappa shape index (κ1) is 61.4. The number of aliphatic hydroxyl groups excluding tert-OH is 2. The van der Waals surface area contributed by atoms with E-state index in [9.17, 15) is 24.2 Å². The molecule has 0 aromatic heterocycles. The van der Waals surface area contributed by atoms with E-state index in [1.807, 2.05) is 19.1 Å². The molecule has 1 aliphatic heterocycles. The molecule has 0 spiro atoms. The maximum atomic E-state index is 15.0. The Morgan fingerprint density at radius 1 is 0.800 bits per heavy atom. The lowest BCUT2D eigenvalue weighted by atomic mass is 9.55. The molecule has 6 atom stereocenters. The van der Waals surface area contributed by atoms with Gasteiger partial charge in [0.15, 0.2) is 0 Å². The van der Waals surface area contributed by atoms with E-state index >= 15 is 0 Å². The standard InChI is InChI=1S/C62H96FN3O9/c1-5-9-11-13-15-17-19-21-23-27-39-64-60(69)74-51-37-38-56-54(45-51)58-52(32-26-29-41-68)49(31-25-28-40-67)44-53-55(65-73-8-4)46-57(62(75-56,59(53)58)72-42-7-3)66(47-48-33-35-50(63)36-34-48)61(70)71-43-30-24-22-20-18-16-14-12-10-6-2/h7,33-38,44-45,49,52,57-59,67-68H,3,5-6,8-32,39-43,46-47H2,1-2,4H3,(H,64,69). The Hall–Kier alpha value is -4.46. The van der Waals surface area contributed by atoms with Gasteiger partial charge in [-0.05, 0) is 98.8 Å². The van der Waals surface area contributed by atoms with Crippen LogP contribution >= 0.6 is 0 Å². The van der Waals surface area contributed by atoms with Crippen molar-refractivity contribution in [3.05, 3.63) is 83.7 Å². The van der Waals surface area contributed by atoms with Crippen molar-refractivity contribution in [1.82, 2.24) is 10.2 Å². The first-order valence-corrected chi connectivity index (χ1v) is 29.6. The maximum Gasteiger partial charge on any atom is 0.412 e. The quantitative estimate of drug-likeness (QED) is 0.0338. The van der Waals surface area contributed by atoms with Crippen LogP contribution in [0.2, 0.25) is 0 Å². The van der Waals surface area contributed by atoms with Gasteiger partial charge < -0.3 is 39.3 Å². The highest BCUT2D eigenvalue weighted by molar-refractivity contribution is 6.03. The van der Waals surface area contributed by atoms with Gasteiger partial charge in [-0.15, -0.1) is 6.58 Å². The summed E-state index contributed by atoms with van der Waals surface area (Å²) in [5.41, 5.74) is 3.10. The average molecular weight is 1050 g/mol. The maximum absolute atomic E-state index is 15.0. The van der Waals surface area contributed by atoms with Crippen LogP contribution in [0.4, 0.5) is 14.0 Å². The van der Waals surface area contributed by atoms with Crippen molar-refractivity contribution in [1.29, 1.82) is 0 Å². The van der Waals surface area contributed by atoms with E-state index in [0.717, 1.165) is 81.8 Å². The number of allylic oxidation sites excluding steroid dienone is 1. The van der Waals surface area contributed by atoms with Crippen molar-refractivity contribution in [2.24, 2.45) is 22.9 Å². The molecule has 5 rings (SSSR count). The number of hydrogen-bond donors (Lipinski definition) is 3. The van der Waals surface area contributed by atoms with E-state index in [0.29, 0.717) is 48.8 Å². The van der Waals surface area contributed by atoms with E-state index in [4.69, 9.17) is 28.9 Å². The summed E-state index contributed by atoms with van der Waals surface area (Å²) in [6.45, 7) is 11.8. The highest BCUT2D eigenvalue weighted by atomic mass is 19.1. The second-order valence-corrected chi connectivity index (χ2v) is 21.2. The highest BCUT2D eigenvalue weighted by Crippen LogP contribution is 2.62. The Bertz CT molecular complexity index is 2010. The molecule has 420 valence electrons. The lowest BCUT2D eigenvalue weighted by Gasteiger charge is -2.59. The Balaban J connectivity index is 1.51. The molecule has 1 heterocycles. The van der Waals surface area contributed by atoms with Gasteiger partial charge in [0.05, 0.1) is 24.8 Å². The topological polar surface area (TPSA) is 148 Å². The van der Waals surface area contributed by atoms with Gasteiger partial charge in [-0.2, -0.15) is 0 Å². The normalized spacial score (nSPS) is 21.1. The third kappa shape index (κ3) is 19.2. The molecule has 13 heteroatoms. The van der Waals surface area contributed by atoms with Crippen LogP contribution in [0.5, 0.6) is 11.5 Å². The first-order chi connectivity index (χ1) is 36.7. The van der Waals surface area contributed by atoms with E-state index in [1.54, 1.807) is 29.2 Å². The molecule has 1 fully saturated rings. The Morgan fingerprint density at radius 2 is 1.41 bits per heavy atom. The minimum absolute atomic E-state index is 0.0215. The van der Waals surface area contributed by atoms with Crippen LogP contribution in [0.1, 0.15) is 211 Å². The molecule has 2 aliphatic carbocycles. The fraction of sp³-hybridized carbons (Fsp3) is 0.694. The summed E-state index contributed by atoms with van der Waals surface area (Å²) in [4.78, 5) is 36.0. The van der Waals surface area contributed by atoms with Crippen molar-refractivity contribution in [3.63, 3.8) is 0 Å². The third-order valence-electron chi connectivity index (χ3n) is 15.6. The van der Waals surface area contributed by atoms with Gasteiger partial charge >= 0.3 is 12.2 Å². The Morgan fingerprint density at radius 3 is 2.03 bits per heavy atom. The summed E-state index contributed by atoms with van der Waals surface area (Å²) in [7, 11) is 0. The smallest absolute Gasteiger partial charge is 0.412 e. The molecule has 2 aromatic rings.